The Labute approximate surface area is 139 Å². The van der Waals surface area contributed by atoms with Gasteiger partial charge in [-0.05, 0) is 49.4 Å². The van der Waals surface area contributed by atoms with Crippen LogP contribution in [0.5, 0.6) is 0 Å². The van der Waals surface area contributed by atoms with Crippen LogP contribution in [0.25, 0.3) is 0 Å². The normalized spacial score (nSPS) is 26.0. The van der Waals surface area contributed by atoms with Gasteiger partial charge in [-0.15, -0.1) is 0 Å². The van der Waals surface area contributed by atoms with Crippen molar-refractivity contribution < 1.29 is 4.79 Å². The average molecular weight is 315 g/mol. The number of piperidine rings is 1. The van der Waals surface area contributed by atoms with Crippen molar-refractivity contribution in [1.29, 1.82) is 0 Å². The molecule has 1 aromatic rings. The molecule has 126 valence electrons. The Hall–Kier alpha value is -1.55. The molecule has 1 aromatic carbocycles. The fraction of sp³-hybridized carbons (Fsp3) is 0.632. The maximum atomic E-state index is 12.6. The number of nitrogens with zero attached hydrogens (tertiary/aromatic N) is 2. The number of amides is 1. The van der Waals surface area contributed by atoms with Crippen LogP contribution in [-0.4, -0.2) is 43.0 Å². The minimum atomic E-state index is 0.183. The van der Waals surface area contributed by atoms with E-state index in [1.807, 2.05) is 17.0 Å². The van der Waals surface area contributed by atoms with Gasteiger partial charge in [0.1, 0.15) is 0 Å². The highest BCUT2D eigenvalue weighted by atomic mass is 16.2. The van der Waals surface area contributed by atoms with Crippen LogP contribution < -0.4 is 10.6 Å². The summed E-state index contributed by atoms with van der Waals surface area (Å²) in [5.74, 6) is 0.805. The summed E-state index contributed by atoms with van der Waals surface area (Å²) in [7, 11) is 0. The lowest BCUT2D eigenvalue weighted by atomic mass is 9.96. The van der Waals surface area contributed by atoms with Crippen LogP contribution in [0.2, 0.25) is 0 Å². The van der Waals surface area contributed by atoms with E-state index in [1.54, 1.807) is 0 Å². The van der Waals surface area contributed by atoms with Crippen molar-refractivity contribution in [1.82, 2.24) is 4.90 Å². The molecule has 2 unspecified atom stereocenters. The molecular formula is C19H29N3O. The second-order valence-corrected chi connectivity index (χ2v) is 7.26. The van der Waals surface area contributed by atoms with Gasteiger partial charge in [-0.1, -0.05) is 19.8 Å². The molecule has 2 heterocycles. The van der Waals surface area contributed by atoms with Gasteiger partial charge in [-0.2, -0.15) is 0 Å². The molecule has 2 saturated heterocycles. The SMILES string of the molecule is CC1CC(N)CN(c2ccc(C(=O)N3CCCCCC3)cc2)C1. The Morgan fingerprint density at radius 2 is 1.70 bits per heavy atom. The van der Waals surface area contributed by atoms with Crippen LogP contribution in [0, 0.1) is 5.92 Å². The molecule has 2 aliphatic rings. The van der Waals surface area contributed by atoms with Crippen LogP contribution in [0.15, 0.2) is 24.3 Å². The first-order valence-electron chi connectivity index (χ1n) is 9.03. The van der Waals surface area contributed by atoms with E-state index in [9.17, 15) is 4.79 Å². The number of hydrogen-bond acceptors (Lipinski definition) is 3. The molecule has 0 aliphatic carbocycles. The minimum Gasteiger partial charge on any atom is -0.370 e. The molecule has 2 N–H and O–H groups in total. The first-order chi connectivity index (χ1) is 11.1. The van der Waals surface area contributed by atoms with Gasteiger partial charge in [0.25, 0.3) is 5.91 Å². The molecule has 0 spiro atoms. The zero-order valence-electron chi connectivity index (χ0n) is 14.2. The highest BCUT2D eigenvalue weighted by molar-refractivity contribution is 5.94. The van der Waals surface area contributed by atoms with Crippen molar-refractivity contribution in [3.8, 4) is 0 Å². The maximum Gasteiger partial charge on any atom is 0.253 e. The number of likely N-dealkylation sites (tertiary alicyclic amines) is 1. The van der Waals surface area contributed by atoms with E-state index < -0.39 is 0 Å². The lowest BCUT2D eigenvalue weighted by Gasteiger charge is -2.36. The van der Waals surface area contributed by atoms with Gasteiger partial charge in [-0.3, -0.25) is 4.79 Å². The van der Waals surface area contributed by atoms with Crippen LogP contribution >= 0.6 is 0 Å². The molecule has 1 amide bonds. The van der Waals surface area contributed by atoms with Gasteiger partial charge in [0.2, 0.25) is 0 Å². The number of nitrogens with two attached hydrogens (primary N) is 1. The molecule has 2 fully saturated rings. The Morgan fingerprint density at radius 3 is 2.30 bits per heavy atom. The summed E-state index contributed by atoms with van der Waals surface area (Å²) in [6, 6.07) is 8.36. The van der Waals surface area contributed by atoms with Gasteiger partial charge >= 0.3 is 0 Å². The summed E-state index contributed by atoms with van der Waals surface area (Å²) in [6.07, 6.45) is 5.86. The summed E-state index contributed by atoms with van der Waals surface area (Å²) >= 11 is 0. The third-order valence-corrected chi connectivity index (χ3v) is 5.06. The van der Waals surface area contributed by atoms with Crippen LogP contribution in [0.1, 0.15) is 49.4 Å². The van der Waals surface area contributed by atoms with E-state index >= 15 is 0 Å². The first kappa shape index (κ1) is 16.3. The van der Waals surface area contributed by atoms with Gasteiger partial charge in [0, 0.05) is 43.5 Å². The topological polar surface area (TPSA) is 49.6 Å². The third-order valence-electron chi connectivity index (χ3n) is 5.06. The number of carbonyl (C=O) groups is 1. The first-order valence-corrected chi connectivity index (χ1v) is 9.03. The van der Waals surface area contributed by atoms with Gasteiger partial charge in [-0.25, -0.2) is 0 Å². The van der Waals surface area contributed by atoms with Gasteiger partial charge in [0.05, 0.1) is 0 Å². The second kappa shape index (κ2) is 7.35. The van der Waals surface area contributed by atoms with Gasteiger partial charge < -0.3 is 15.5 Å². The van der Waals surface area contributed by atoms with Crippen molar-refractivity contribution in [3.05, 3.63) is 29.8 Å². The van der Waals surface area contributed by atoms with E-state index in [0.717, 1.165) is 51.0 Å². The smallest absolute Gasteiger partial charge is 0.253 e. The summed E-state index contributed by atoms with van der Waals surface area (Å²) < 4.78 is 0. The largest absolute Gasteiger partial charge is 0.370 e. The van der Waals surface area contributed by atoms with E-state index in [0.29, 0.717) is 5.92 Å². The molecule has 2 aliphatic heterocycles. The van der Waals surface area contributed by atoms with E-state index in [1.165, 1.54) is 18.5 Å². The Bertz CT molecular complexity index is 510. The predicted molar refractivity (Wildman–Crippen MR) is 94.8 cm³/mol. The van der Waals surface area contributed by atoms with Crippen molar-refractivity contribution in [2.24, 2.45) is 11.7 Å². The molecule has 4 nitrogen and oxygen atoms in total. The molecule has 4 heteroatoms. The lowest BCUT2D eigenvalue weighted by molar-refractivity contribution is 0.0761. The number of anilines is 1. The molecule has 3 rings (SSSR count). The summed E-state index contributed by atoms with van der Waals surface area (Å²) in [5, 5.41) is 0. The number of hydrogen-bond donors (Lipinski definition) is 1. The van der Waals surface area contributed by atoms with Crippen LogP contribution in [-0.2, 0) is 0 Å². The fourth-order valence-electron chi connectivity index (χ4n) is 3.88. The number of rotatable bonds is 2. The van der Waals surface area contributed by atoms with Crippen LogP contribution in [0.3, 0.4) is 0 Å². The molecule has 0 saturated carbocycles. The second-order valence-electron chi connectivity index (χ2n) is 7.26. The van der Waals surface area contributed by atoms with E-state index in [2.05, 4.69) is 24.0 Å². The maximum absolute atomic E-state index is 12.6. The zero-order chi connectivity index (χ0) is 16.2. The van der Waals surface area contributed by atoms with Crippen molar-refractivity contribution in [2.75, 3.05) is 31.1 Å². The van der Waals surface area contributed by atoms with Crippen LogP contribution in [0.4, 0.5) is 5.69 Å². The highest BCUT2D eigenvalue weighted by Crippen LogP contribution is 2.23. The fourth-order valence-corrected chi connectivity index (χ4v) is 3.88. The van der Waals surface area contributed by atoms with Crippen molar-refractivity contribution in [2.45, 2.75) is 45.1 Å². The summed E-state index contributed by atoms with van der Waals surface area (Å²) in [4.78, 5) is 17.0. The number of carbonyl (C=O) groups excluding carboxylic acids is 1. The average Bonchev–Trinajstić information content (AvgIpc) is 2.83. The Balaban J connectivity index is 1.67. The van der Waals surface area contributed by atoms with Gasteiger partial charge in [0.15, 0.2) is 0 Å². The quantitative estimate of drug-likeness (QED) is 0.913. The van der Waals surface area contributed by atoms with E-state index in [4.69, 9.17) is 5.73 Å². The molecule has 2 atom stereocenters. The van der Waals surface area contributed by atoms with E-state index in [-0.39, 0.29) is 11.9 Å². The lowest BCUT2D eigenvalue weighted by Crippen LogP contribution is -2.46. The molecule has 23 heavy (non-hydrogen) atoms. The molecule has 0 bridgehead atoms. The minimum absolute atomic E-state index is 0.183. The highest BCUT2D eigenvalue weighted by Gasteiger charge is 2.23. The zero-order valence-corrected chi connectivity index (χ0v) is 14.2. The third kappa shape index (κ3) is 4.05. The predicted octanol–water partition coefficient (Wildman–Crippen LogP) is 2.88. The monoisotopic (exact) mass is 315 g/mol. The standard InChI is InChI=1S/C19H29N3O/c1-15-12-17(20)14-22(13-15)18-8-6-16(7-9-18)19(23)21-10-4-2-3-5-11-21/h6-9,15,17H,2-5,10-14,20H2,1H3. The molecule has 0 radical (unpaired) electrons. The molecular weight excluding hydrogens is 286 g/mol. The van der Waals surface area contributed by atoms with Crippen molar-refractivity contribution in [3.63, 3.8) is 0 Å². The van der Waals surface area contributed by atoms with Crippen molar-refractivity contribution >= 4 is 11.6 Å². The Kier molecular flexibility index (Phi) is 5.21. The number of benzene rings is 1. The summed E-state index contributed by atoms with van der Waals surface area (Å²) in [6.45, 7) is 6.01. The summed E-state index contributed by atoms with van der Waals surface area (Å²) in [5.41, 5.74) is 8.13. The Morgan fingerprint density at radius 1 is 1.04 bits per heavy atom. The molecule has 0 aromatic heterocycles.